The van der Waals surface area contributed by atoms with Crippen molar-refractivity contribution >= 4 is 18.3 Å². The first-order valence-electron chi connectivity index (χ1n) is 10.5. The fourth-order valence-electron chi connectivity index (χ4n) is 3.88. The number of rotatable bonds is 9. The smallest absolute Gasteiger partial charge is 0.234 e. The molecule has 0 radical (unpaired) electrons. The van der Waals surface area contributed by atoms with E-state index in [4.69, 9.17) is 10.5 Å². The normalized spacial score (nSPS) is 18.9. The number of benzene rings is 2. The summed E-state index contributed by atoms with van der Waals surface area (Å²) in [4.78, 5) is 14.7. The van der Waals surface area contributed by atoms with Crippen LogP contribution < -0.4 is 11.1 Å². The van der Waals surface area contributed by atoms with Crippen LogP contribution in [0.3, 0.4) is 0 Å². The lowest BCUT2D eigenvalue weighted by Crippen LogP contribution is -2.36. The first-order chi connectivity index (χ1) is 14.0. The Morgan fingerprint density at radius 2 is 1.77 bits per heavy atom. The van der Waals surface area contributed by atoms with Crippen molar-refractivity contribution in [2.24, 2.45) is 11.7 Å². The molecular weight excluding hydrogens is 398 g/mol. The van der Waals surface area contributed by atoms with E-state index in [0.717, 1.165) is 24.2 Å². The quantitative estimate of drug-likeness (QED) is 0.639. The maximum absolute atomic E-state index is 12.5. The molecule has 3 N–H and O–H groups in total. The number of ether oxygens (including phenoxy) is 1. The van der Waals surface area contributed by atoms with E-state index in [1.165, 1.54) is 5.56 Å². The molecule has 0 bridgehead atoms. The van der Waals surface area contributed by atoms with Crippen LogP contribution in [0.1, 0.15) is 36.5 Å². The summed E-state index contributed by atoms with van der Waals surface area (Å²) in [5, 5.41) is 3.04. The lowest BCUT2D eigenvalue weighted by Gasteiger charge is -2.16. The molecule has 0 unspecified atom stereocenters. The molecule has 1 saturated heterocycles. The summed E-state index contributed by atoms with van der Waals surface area (Å²) in [6.07, 6.45) is 0.222. The second-order valence-electron chi connectivity index (χ2n) is 8.16. The fourth-order valence-corrected chi connectivity index (χ4v) is 3.88. The summed E-state index contributed by atoms with van der Waals surface area (Å²) < 4.78 is 5.61. The first-order valence-corrected chi connectivity index (χ1v) is 10.5. The third-order valence-electron chi connectivity index (χ3n) is 5.51. The minimum absolute atomic E-state index is 0. The topological polar surface area (TPSA) is 67.6 Å². The van der Waals surface area contributed by atoms with E-state index in [-0.39, 0.29) is 24.4 Å². The van der Waals surface area contributed by atoms with Crippen LogP contribution >= 0.6 is 12.4 Å². The Morgan fingerprint density at radius 1 is 1.10 bits per heavy atom. The lowest BCUT2D eigenvalue weighted by molar-refractivity contribution is -0.122. The lowest BCUT2D eigenvalue weighted by atomic mass is 9.89. The zero-order chi connectivity index (χ0) is 20.6. The SMILES string of the molecule is CC(C)OCc1ccc(CNC(=O)CN2C[C@@H](CN)[C@H](c3ccccc3)C2)cc1.Cl. The van der Waals surface area contributed by atoms with Crippen molar-refractivity contribution in [3.05, 3.63) is 71.3 Å². The van der Waals surface area contributed by atoms with Crippen molar-refractivity contribution in [2.75, 3.05) is 26.2 Å². The number of nitrogens with one attached hydrogen (secondary N) is 1. The highest BCUT2D eigenvalue weighted by Gasteiger charge is 2.33. The van der Waals surface area contributed by atoms with Gasteiger partial charge in [0.25, 0.3) is 0 Å². The molecule has 0 saturated carbocycles. The van der Waals surface area contributed by atoms with Gasteiger partial charge in [0.2, 0.25) is 5.91 Å². The maximum Gasteiger partial charge on any atom is 0.234 e. The van der Waals surface area contributed by atoms with Crippen molar-refractivity contribution in [2.45, 2.75) is 39.0 Å². The Kier molecular flexibility index (Phi) is 9.79. The van der Waals surface area contributed by atoms with Crippen LogP contribution in [0.4, 0.5) is 0 Å². The average molecular weight is 432 g/mol. The Labute approximate surface area is 186 Å². The van der Waals surface area contributed by atoms with Gasteiger partial charge in [0.15, 0.2) is 0 Å². The molecular formula is C24H34ClN3O2. The van der Waals surface area contributed by atoms with Gasteiger partial charge in [0, 0.05) is 25.6 Å². The van der Waals surface area contributed by atoms with Crippen molar-refractivity contribution in [1.29, 1.82) is 0 Å². The molecule has 1 aliphatic rings. The summed E-state index contributed by atoms with van der Waals surface area (Å²) in [7, 11) is 0. The number of hydrogen-bond donors (Lipinski definition) is 2. The Balaban J connectivity index is 0.00000320. The van der Waals surface area contributed by atoms with Gasteiger partial charge in [-0.15, -0.1) is 12.4 Å². The zero-order valence-electron chi connectivity index (χ0n) is 17.9. The number of hydrogen-bond acceptors (Lipinski definition) is 4. The molecule has 3 rings (SSSR count). The molecule has 0 spiro atoms. The van der Waals surface area contributed by atoms with E-state index >= 15 is 0 Å². The van der Waals surface area contributed by atoms with Crippen LogP contribution in [0, 0.1) is 5.92 Å². The molecule has 2 atom stereocenters. The van der Waals surface area contributed by atoms with Crippen LogP contribution in [-0.2, 0) is 22.7 Å². The van der Waals surface area contributed by atoms with Crippen molar-refractivity contribution in [1.82, 2.24) is 10.2 Å². The van der Waals surface area contributed by atoms with Gasteiger partial charge in [-0.05, 0) is 43.0 Å². The van der Waals surface area contributed by atoms with Gasteiger partial charge in [-0.25, -0.2) is 0 Å². The second-order valence-corrected chi connectivity index (χ2v) is 8.16. The molecule has 0 aromatic heterocycles. The Bertz CT molecular complexity index is 768. The van der Waals surface area contributed by atoms with Crippen molar-refractivity contribution in [3.8, 4) is 0 Å². The van der Waals surface area contributed by atoms with Gasteiger partial charge in [0.1, 0.15) is 0 Å². The van der Waals surface area contributed by atoms with Gasteiger partial charge in [0.05, 0.1) is 19.3 Å². The van der Waals surface area contributed by atoms with Crippen LogP contribution in [0.5, 0.6) is 0 Å². The van der Waals surface area contributed by atoms with Gasteiger partial charge in [-0.1, -0.05) is 54.6 Å². The molecule has 2 aromatic rings. The molecule has 6 heteroatoms. The van der Waals surface area contributed by atoms with Crippen LogP contribution in [0.15, 0.2) is 54.6 Å². The van der Waals surface area contributed by atoms with E-state index in [1.54, 1.807) is 0 Å². The minimum Gasteiger partial charge on any atom is -0.374 e. The Hall–Kier alpha value is -1.92. The van der Waals surface area contributed by atoms with Crippen molar-refractivity contribution in [3.63, 3.8) is 0 Å². The van der Waals surface area contributed by atoms with Crippen LogP contribution in [0.25, 0.3) is 0 Å². The monoisotopic (exact) mass is 431 g/mol. The first kappa shape index (κ1) is 24.4. The minimum atomic E-state index is 0. The maximum atomic E-state index is 12.5. The van der Waals surface area contributed by atoms with E-state index < -0.39 is 0 Å². The van der Waals surface area contributed by atoms with E-state index in [0.29, 0.717) is 38.1 Å². The Morgan fingerprint density at radius 3 is 2.40 bits per heavy atom. The van der Waals surface area contributed by atoms with Crippen molar-refractivity contribution < 1.29 is 9.53 Å². The number of likely N-dealkylation sites (tertiary alicyclic amines) is 1. The van der Waals surface area contributed by atoms with Crippen LogP contribution in [0.2, 0.25) is 0 Å². The zero-order valence-corrected chi connectivity index (χ0v) is 18.7. The number of nitrogens with zero attached hydrogens (tertiary/aromatic N) is 1. The summed E-state index contributed by atoms with van der Waals surface area (Å²) >= 11 is 0. The molecule has 2 aromatic carbocycles. The second kappa shape index (κ2) is 12.1. The molecule has 0 aliphatic carbocycles. The van der Waals surface area contributed by atoms with Gasteiger partial charge in [-0.3, -0.25) is 9.69 Å². The molecule has 1 fully saturated rings. The predicted molar refractivity (Wildman–Crippen MR) is 124 cm³/mol. The third kappa shape index (κ3) is 7.10. The number of carbonyl (C=O) groups is 1. The number of halogens is 1. The largest absolute Gasteiger partial charge is 0.374 e. The number of carbonyl (C=O) groups excluding carboxylic acids is 1. The average Bonchev–Trinajstić information content (AvgIpc) is 3.15. The number of amides is 1. The highest BCUT2D eigenvalue weighted by Crippen LogP contribution is 2.31. The predicted octanol–water partition coefficient (Wildman–Crippen LogP) is 3.32. The van der Waals surface area contributed by atoms with E-state index in [1.807, 2.05) is 32.0 Å². The molecule has 164 valence electrons. The van der Waals surface area contributed by atoms with Gasteiger partial charge >= 0.3 is 0 Å². The highest BCUT2D eigenvalue weighted by atomic mass is 35.5. The third-order valence-corrected chi connectivity index (χ3v) is 5.51. The molecule has 30 heavy (non-hydrogen) atoms. The highest BCUT2D eigenvalue weighted by molar-refractivity contribution is 5.85. The van der Waals surface area contributed by atoms with E-state index in [9.17, 15) is 4.79 Å². The molecule has 5 nitrogen and oxygen atoms in total. The fraction of sp³-hybridized carbons (Fsp3) is 0.458. The van der Waals surface area contributed by atoms with Gasteiger partial charge in [-0.2, -0.15) is 0 Å². The summed E-state index contributed by atoms with van der Waals surface area (Å²) in [6, 6.07) is 18.7. The summed E-state index contributed by atoms with van der Waals surface area (Å²) in [5.74, 6) is 0.849. The summed E-state index contributed by atoms with van der Waals surface area (Å²) in [6.45, 7) is 8.03. The summed E-state index contributed by atoms with van der Waals surface area (Å²) in [5.41, 5.74) is 9.55. The van der Waals surface area contributed by atoms with Crippen LogP contribution in [-0.4, -0.2) is 43.1 Å². The number of nitrogens with two attached hydrogens (primary N) is 1. The molecule has 1 amide bonds. The van der Waals surface area contributed by atoms with Gasteiger partial charge < -0.3 is 15.8 Å². The van der Waals surface area contributed by atoms with E-state index in [2.05, 4.69) is 46.6 Å². The molecule has 1 aliphatic heterocycles. The molecule has 1 heterocycles. The standard InChI is InChI=1S/C24H33N3O2.ClH/c1-18(2)29-17-20-10-8-19(9-11-20)13-26-24(28)16-27-14-22(12-25)23(15-27)21-6-4-3-5-7-21;/h3-11,18,22-23H,12-17,25H2,1-2H3,(H,26,28);1H/t22-,23+;/m1./s1.